The molecule has 0 saturated carbocycles. The molecule has 2 unspecified atom stereocenters. The van der Waals surface area contributed by atoms with E-state index >= 15 is 0 Å². The summed E-state index contributed by atoms with van der Waals surface area (Å²) in [4.78, 5) is 0. The normalized spacial score (nSPS) is 17.5. The van der Waals surface area contributed by atoms with E-state index in [4.69, 9.17) is 0 Å². The maximum Gasteiger partial charge on any atom is 0.0991 e. The predicted molar refractivity (Wildman–Crippen MR) is 288 cm³/mol. The van der Waals surface area contributed by atoms with Crippen molar-refractivity contribution in [3.8, 4) is 24.3 Å². The van der Waals surface area contributed by atoms with Gasteiger partial charge in [0.05, 0.1) is 46.5 Å². The lowest BCUT2D eigenvalue weighted by atomic mass is 9.72. The molecule has 0 aliphatic carbocycles. The minimum absolute atomic E-state index is 0.599. The summed E-state index contributed by atoms with van der Waals surface area (Å²) in [5.74, 6) is 0. The largest absolute Gasteiger partial charge is 0.192 e. The monoisotopic (exact) mass is 926 g/mol. The maximum atomic E-state index is 10.7. The smallest absolute Gasteiger partial charge is 0.0991 e. The van der Waals surface area contributed by atoms with Gasteiger partial charge in [-0.3, -0.25) is 0 Å². The van der Waals surface area contributed by atoms with Crippen molar-refractivity contribution >= 4 is 49.4 Å². The van der Waals surface area contributed by atoms with Crippen molar-refractivity contribution < 1.29 is 0 Å². The summed E-state index contributed by atoms with van der Waals surface area (Å²) in [5, 5.41) is 43.2. The molecule has 4 nitrogen and oxygen atoms in total. The van der Waals surface area contributed by atoms with Crippen LogP contribution in [0.3, 0.4) is 0 Å². The quantitative estimate of drug-likeness (QED) is 0.121. The van der Waals surface area contributed by atoms with E-state index in [-0.39, 0.29) is 0 Å². The van der Waals surface area contributed by atoms with Gasteiger partial charge in [-0.05, 0) is 139 Å². The summed E-state index contributed by atoms with van der Waals surface area (Å²) < 4.78 is 0. The van der Waals surface area contributed by atoms with E-state index in [1.54, 1.807) is 0 Å². The number of nitrogens with zero attached hydrogens (tertiary/aromatic N) is 4. The van der Waals surface area contributed by atoms with E-state index in [1.807, 2.05) is 48.5 Å². The third-order valence-electron chi connectivity index (χ3n) is 14.5. The van der Waals surface area contributed by atoms with Crippen LogP contribution in [0.15, 0.2) is 218 Å². The molecule has 0 N–H and O–H groups in total. The van der Waals surface area contributed by atoms with Gasteiger partial charge in [0.1, 0.15) is 0 Å². The second kappa shape index (κ2) is 19.2. The highest BCUT2D eigenvalue weighted by atomic mass is 28.2. The van der Waals surface area contributed by atoms with Gasteiger partial charge < -0.3 is 0 Å². The first-order valence-electron chi connectivity index (χ1n) is 23.5. The van der Waals surface area contributed by atoms with Gasteiger partial charge in [-0.15, -0.1) is 0 Å². The van der Waals surface area contributed by atoms with Gasteiger partial charge in [-0.1, -0.05) is 183 Å². The number of benzene rings is 8. The fourth-order valence-corrected chi connectivity index (χ4v) is 18.3. The standard InChI is InChI=1S/C64H46N4Si2/c1-69-61(53-31-15-19-45(37-53)41-65)57(49-23-7-3-8-24-49)59(51-27-11-5-12-28-51)63(69,55-33-17-21-47(39-55)43-67)35-36-64(56-34-18-22-48(40-56)44-68)60(52-29-13-6-14-30-52)58(50-25-9-4-10-26-50)62(70(64)2)54-32-16-20-46(38-54)42-66/h3-34,37-40H,35-36H2,1-2H3. The zero-order valence-electron chi connectivity index (χ0n) is 39.0. The molecule has 0 amide bonds. The van der Waals surface area contributed by atoms with E-state index in [0.717, 1.165) is 44.5 Å². The van der Waals surface area contributed by atoms with Crippen molar-refractivity contribution in [2.75, 3.05) is 0 Å². The Kier molecular flexibility index (Phi) is 12.4. The van der Waals surface area contributed by atoms with Gasteiger partial charge in [-0.25, -0.2) is 0 Å². The molecule has 0 spiro atoms. The fraction of sp³-hybridized carbons (Fsp3) is 0.0938. The van der Waals surface area contributed by atoms with E-state index in [0.29, 0.717) is 35.1 Å². The van der Waals surface area contributed by atoms with Gasteiger partial charge >= 0.3 is 0 Å². The van der Waals surface area contributed by atoms with Crippen molar-refractivity contribution in [1.82, 2.24) is 0 Å². The summed E-state index contributed by atoms with van der Waals surface area (Å²) in [6.07, 6.45) is 1.36. The lowest BCUT2D eigenvalue weighted by molar-refractivity contribution is 0.566. The minimum Gasteiger partial charge on any atom is -0.192 e. The Balaban J connectivity index is 1.38. The second-order valence-electron chi connectivity index (χ2n) is 18.0. The zero-order valence-corrected chi connectivity index (χ0v) is 41.0. The number of rotatable bonds is 11. The molecule has 70 heavy (non-hydrogen) atoms. The molecule has 2 atom stereocenters. The molecule has 8 aromatic carbocycles. The van der Waals surface area contributed by atoms with Crippen molar-refractivity contribution in [2.24, 2.45) is 0 Å². The van der Waals surface area contributed by atoms with Crippen LogP contribution in [0.25, 0.3) is 22.3 Å². The molecule has 2 aliphatic rings. The Hall–Kier alpha value is -8.63. The Bertz CT molecular complexity index is 3410. The van der Waals surface area contributed by atoms with E-state index in [2.05, 4.69) is 207 Å². The molecular weight excluding hydrogens is 881 g/mol. The van der Waals surface area contributed by atoms with Crippen LogP contribution in [0.4, 0.5) is 0 Å². The van der Waals surface area contributed by atoms with Gasteiger partial charge in [0, 0.05) is 26.9 Å². The molecular formula is C64H46N4Si2. The van der Waals surface area contributed by atoms with Crippen molar-refractivity contribution in [3.05, 3.63) is 285 Å². The van der Waals surface area contributed by atoms with Crippen LogP contribution >= 0.6 is 0 Å². The van der Waals surface area contributed by atoms with Crippen molar-refractivity contribution in [1.29, 1.82) is 21.0 Å². The van der Waals surface area contributed by atoms with Gasteiger partial charge in [0.25, 0.3) is 0 Å². The molecule has 10 rings (SSSR count). The first kappa shape index (κ1) is 45.2. The Labute approximate surface area is 413 Å². The third kappa shape index (κ3) is 7.67. The Morgan fingerprint density at radius 1 is 0.329 bits per heavy atom. The van der Waals surface area contributed by atoms with Crippen LogP contribution in [0, 0.1) is 45.3 Å². The molecule has 6 heteroatoms. The first-order chi connectivity index (χ1) is 34.4. The zero-order chi connectivity index (χ0) is 48.2. The lowest BCUT2D eigenvalue weighted by Crippen LogP contribution is -2.43. The first-order valence-corrected chi connectivity index (χ1v) is 27.5. The number of allylic oxidation sites excluding steroid dienone is 4. The van der Waals surface area contributed by atoms with Crippen LogP contribution in [0.1, 0.15) is 79.6 Å². The molecule has 0 saturated heterocycles. The molecule has 0 aromatic heterocycles. The highest BCUT2D eigenvalue weighted by Gasteiger charge is 2.53. The highest BCUT2D eigenvalue weighted by molar-refractivity contribution is 6.89. The van der Waals surface area contributed by atoms with Gasteiger partial charge in [0.15, 0.2) is 0 Å². The summed E-state index contributed by atoms with van der Waals surface area (Å²) in [5.41, 5.74) is 15.8. The molecule has 2 heterocycles. The Morgan fingerprint density at radius 3 is 0.943 bits per heavy atom. The average molecular weight is 927 g/mol. The van der Waals surface area contributed by atoms with E-state index < -0.39 is 26.9 Å². The fourth-order valence-electron chi connectivity index (χ4n) is 11.6. The van der Waals surface area contributed by atoms with E-state index in [1.165, 1.54) is 32.6 Å². The topological polar surface area (TPSA) is 95.2 Å². The molecule has 0 bridgehead atoms. The Morgan fingerprint density at radius 2 is 0.614 bits per heavy atom. The SMILES string of the molecule is C[Si]1=C(c2cccc(C#N)c2)C(c2ccccc2)=C(c2ccccc2)C1(CCC1(c2cccc(C#N)c2)C(c2ccccc2)=C(c2ccccc2)C(c2cccc(C#N)c2)=[Si]1C)c1cccc(C#N)c1. The summed E-state index contributed by atoms with van der Waals surface area (Å²) >= 11 is 0. The van der Waals surface area contributed by atoms with Crippen LogP contribution in [-0.4, -0.2) is 27.2 Å². The predicted octanol–water partition coefficient (Wildman–Crippen LogP) is 13.3. The number of hydrogen-bond donors (Lipinski definition) is 0. The van der Waals surface area contributed by atoms with Gasteiger partial charge in [-0.2, -0.15) is 21.0 Å². The molecule has 0 radical (unpaired) electrons. The number of hydrogen-bond acceptors (Lipinski definition) is 4. The summed E-state index contributed by atoms with van der Waals surface area (Å²) in [6.45, 7) is 4.89. The van der Waals surface area contributed by atoms with Crippen molar-refractivity contribution in [2.45, 2.75) is 36.0 Å². The lowest BCUT2D eigenvalue weighted by Gasteiger charge is -2.42. The van der Waals surface area contributed by atoms with Crippen LogP contribution < -0.4 is 0 Å². The molecule has 0 fully saturated rings. The third-order valence-corrected chi connectivity index (χ3v) is 21.3. The maximum absolute atomic E-state index is 10.7. The highest BCUT2D eigenvalue weighted by Crippen LogP contribution is 2.58. The summed E-state index contributed by atoms with van der Waals surface area (Å²) in [7, 11) is -3.53. The second-order valence-corrected chi connectivity index (χ2v) is 23.3. The molecule has 2 aliphatic heterocycles. The number of nitriles is 4. The van der Waals surface area contributed by atoms with Crippen LogP contribution in [0.5, 0.6) is 0 Å². The van der Waals surface area contributed by atoms with Crippen LogP contribution in [-0.2, 0) is 10.1 Å². The molecule has 330 valence electrons. The molecule has 8 aromatic rings. The average Bonchev–Trinajstić information content (AvgIpc) is 3.86. The van der Waals surface area contributed by atoms with Crippen molar-refractivity contribution in [3.63, 3.8) is 0 Å². The summed E-state index contributed by atoms with van der Waals surface area (Å²) in [6, 6.07) is 85.6. The minimum atomic E-state index is -1.76. The van der Waals surface area contributed by atoms with Gasteiger partial charge in [0.2, 0.25) is 0 Å². The van der Waals surface area contributed by atoms with E-state index in [9.17, 15) is 21.0 Å². The van der Waals surface area contributed by atoms with Crippen LogP contribution in [0.2, 0.25) is 13.1 Å².